The number of aryl methyl sites for hydroxylation is 2. The van der Waals surface area contributed by atoms with Crippen molar-refractivity contribution in [2.45, 2.75) is 45.8 Å². The summed E-state index contributed by atoms with van der Waals surface area (Å²) in [4.78, 5) is 15.2. The number of methoxy groups -OCH3 is 1. The van der Waals surface area contributed by atoms with E-state index in [4.69, 9.17) is 4.74 Å². The zero-order chi connectivity index (χ0) is 21.8. The summed E-state index contributed by atoms with van der Waals surface area (Å²) < 4.78 is 7.29. The van der Waals surface area contributed by atoms with Gasteiger partial charge in [-0.15, -0.1) is 0 Å². The molecule has 2 aromatic carbocycles. The Morgan fingerprint density at radius 2 is 1.84 bits per heavy atom. The van der Waals surface area contributed by atoms with Crippen LogP contribution in [0.15, 0.2) is 53.3 Å². The lowest BCUT2D eigenvalue weighted by Gasteiger charge is -2.32. The molecule has 1 aliphatic rings. The highest BCUT2D eigenvalue weighted by Gasteiger charge is 2.19. The van der Waals surface area contributed by atoms with Gasteiger partial charge in [0.05, 0.1) is 12.6 Å². The van der Waals surface area contributed by atoms with Crippen molar-refractivity contribution in [1.29, 1.82) is 0 Å². The van der Waals surface area contributed by atoms with E-state index in [-0.39, 0.29) is 5.56 Å². The van der Waals surface area contributed by atoms with E-state index in [1.54, 1.807) is 13.2 Å². The molecule has 0 atom stereocenters. The van der Waals surface area contributed by atoms with Gasteiger partial charge in [-0.25, -0.2) is 0 Å². The van der Waals surface area contributed by atoms with Crippen LogP contribution in [0.5, 0.6) is 5.75 Å². The molecule has 5 nitrogen and oxygen atoms in total. The van der Waals surface area contributed by atoms with Gasteiger partial charge < -0.3 is 19.5 Å². The second-order valence-corrected chi connectivity index (χ2v) is 8.69. The first-order valence-corrected chi connectivity index (χ1v) is 11.2. The lowest BCUT2D eigenvalue weighted by molar-refractivity contribution is 0.191. The first-order chi connectivity index (χ1) is 15.0. The summed E-state index contributed by atoms with van der Waals surface area (Å²) >= 11 is 0. The summed E-state index contributed by atoms with van der Waals surface area (Å²) in [6.07, 6.45) is 2.28. The summed E-state index contributed by atoms with van der Waals surface area (Å²) in [6, 6.07) is 17.0. The Morgan fingerprint density at radius 3 is 2.58 bits per heavy atom. The zero-order valence-corrected chi connectivity index (χ0v) is 18.9. The van der Waals surface area contributed by atoms with Gasteiger partial charge in [0, 0.05) is 43.2 Å². The van der Waals surface area contributed by atoms with Crippen LogP contribution in [0.1, 0.15) is 29.5 Å². The molecule has 1 aromatic heterocycles. The Hall–Kier alpha value is -2.63. The highest BCUT2D eigenvalue weighted by Crippen LogP contribution is 2.22. The van der Waals surface area contributed by atoms with Gasteiger partial charge in [0.2, 0.25) is 0 Å². The molecule has 0 saturated carbocycles. The summed E-state index contributed by atoms with van der Waals surface area (Å²) in [5, 5.41) is 4.83. The number of benzene rings is 2. The third kappa shape index (κ3) is 5.17. The minimum atomic E-state index is 0.0629. The molecule has 0 bridgehead atoms. The number of ether oxygens (including phenoxy) is 1. The van der Waals surface area contributed by atoms with Gasteiger partial charge in [0.1, 0.15) is 5.75 Å². The van der Waals surface area contributed by atoms with Gasteiger partial charge in [-0.1, -0.05) is 29.8 Å². The fourth-order valence-electron chi connectivity index (χ4n) is 4.57. The molecule has 164 valence electrons. The van der Waals surface area contributed by atoms with Crippen LogP contribution < -0.4 is 15.6 Å². The number of rotatable bonds is 7. The fraction of sp³-hybridized carbons (Fsp3) is 0.423. The number of fused-ring (bicyclic) bond motifs is 1. The minimum absolute atomic E-state index is 0.0629. The maximum absolute atomic E-state index is 12.7. The Bertz CT molecular complexity index is 1100. The number of pyridine rings is 1. The molecule has 0 spiro atoms. The average molecular weight is 420 g/mol. The number of nitrogens with zero attached hydrogens (tertiary/aromatic N) is 2. The van der Waals surface area contributed by atoms with Crippen molar-refractivity contribution in [3.63, 3.8) is 0 Å². The van der Waals surface area contributed by atoms with Gasteiger partial charge in [0.25, 0.3) is 5.56 Å². The van der Waals surface area contributed by atoms with Crippen molar-refractivity contribution in [2.75, 3.05) is 26.7 Å². The number of hydrogen-bond acceptors (Lipinski definition) is 4. The quantitative estimate of drug-likeness (QED) is 0.631. The summed E-state index contributed by atoms with van der Waals surface area (Å²) in [5.41, 5.74) is 4.69. The van der Waals surface area contributed by atoms with Crippen molar-refractivity contribution in [1.82, 2.24) is 14.8 Å². The van der Waals surface area contributed by atoms with E-state index in [9.17, 15) is 4.79 Å². The monoisotopic (exact) mass is 419 g/mol. The average Bonchev–Trinajstić information content (AvgIpc) is 2.78. The van der Waals surface area contributed by atoms with Gasteiger partial charge in [-0.2, -0.15) is 0 Å². The summed E-state index contributed by atoms with van der Waals surface area (Å²) in [7, 11) is 1.66. The number of nitrogens with one attached hydrogen (secondary N) is 1. The molecule has 0 unspecified atom stereocenters. The predicted octanol–water partition coefficient (Wildman–Crippen LogP) is 3.88. The lowest BCUT2D eigenvalue weighted by atomic mass is 10.0. The molecule has 0 aliphatic carbocycles. The maximum Gasteiger partial charge on any atom is 0.251 e. The Kier molecular flexibility index (Phi) is 6.73. The van der Waals surface area contributed by atoms with E-state index in [2.05, 4.69) is 41.4 Å². The number of likely N-dealkylation sites (tertiary alicyclic amines) is 1. The van der Waals surface area contributed by atoms with Crippen molar-refractivity contribution in [3.05, 3.63) is 75.6 Å². The molecule has 1 saturated heterocycles. The zero-order valence-electron chi connectivity index (χ0n) is 18.9. The Balaban J connectivity index is 1.34. The molecule has 4 rings (SSSR count). The van der Waals surface area contributed by atoms with E-state index in [0.717, 1.165) is 61.2 Å². The van der Waals surface area contributed by atoms with E-state index in [1.165, 1.54) is 11.1 Å². The molecule has 5 heteroatoms. The number of aromatic nitrogens is 1. The third-order valence-corrected chi connectivity index (χ3v) is 6.43. The van der Waals surface area contributed by atoms with Crippen LogP contribution in [0, 0.1) is 13.8 Å². The second kappa shape index (κ2) is 9.67. The van der Waals surface area contributed by atoms with Crippen LogP contribution in [0.3, 0.4) is 0 Å². The molecule has 2 heterocycles. The Morgan fingerprint density at radius 1 is 1.03 bits per heavy atom. The van der Waals surface area contributed by atoms with Crippen LogP contribution in [-0.4, -0.2) is 42.3 Å². The van der Waals surface area contributed by atoms with Crippen LogP contribution in [0.25, 0.3) is 10.9 Å². The van der Waals surface area contributed by atoms with E-state index >= 15 is 0 Å². The standard InChI is InChI=1S/C26H33N3O2/c1-19-5-4-6-21(15-19)18-27-22-9-11-28(12-10-22)13-14-29-25-17-23(31-3)7-8-24(25)20(2)16-26(29)30/h4-8,15-17,22,27H,9-14,18H2,1-3H3. The van der Waals surface area contributed by atoms with Crippen LogP contribution in [0.2, 0.25) is 0 Å². The molecule has 3 aromatic rings. The van der Waals surface area contributed by atoms with Crippen LogP contribution in [0.4, 0.5) is 0 Å². The normalized spacial score (nSPS) is 15.5. The largest absolute Gasteiger partial charge is 0.497 e. The van der Waals surface area contributed by atoms with Crippen molar-refractivity contribution in [3.8, 4) is 5.75 Å². The van der Waals surface area contributed by atoms with E-state index in [0.29, 0.717) is 12.6 Å². The van der Waals surface area contributed by atoms with Crippen molar-refractivity contribution < 1.29 is 4.74 Å². The lowest BCUT2D eigenvalue weighted by Crippen LogP contribution is -2.43. The molecule has 0 radical (unpaired) electrons. The third-order valence-electron chi connectivity index (χ3n) is 6.43. The molecule has 1 fully saturated rings. The molecule has 1 N–H and O–H groups in total. The van der Waals surface area contributed by atoms with Crippen molar-refractivity contribution in [2.24, 2.45) is 0 Å². The van der Waals surface area contributed by atoms with E-state index < -0.39 is 0 Å². The first-order valence-electron chi connectivity index (χ1n) is 11.2. The molecule has 1 aliphatic heterocycles. The molecular weight excluding hydrogens is 386 g/mol. The highest BCUT2D eigenvalue weighted by molar-refractivity contribution is 5.83. The van der Waals surface area contributed by atoms with Crippen molar-refractivity contribution >= 4 is 10.9 Å². The van der Waals surface area contributed by atoms with Crippen LogP contribution >= 0.6 is 0 Å². The fourth-order valence-corrected chi connectivity index (χ4v) is 4.57. The minimum Gasteiger partial charge on any atom is -0.497 e. The second-order valence-electron chi connectivity index (χ2n) is 8.69. The highest BCUT2D eigenvalue weighted by atomic mass is 16.5. The van der Waals surface area contributed by atoms with Gasteiger partial charge >= 0.3 is 0 Å². The van der Waals surface area contributed by atoms with Gasteiger partial charge in [0.15, 0.2) is 0 Å². The van der Waals surface area contributed by atoms with Crippen LogP contribution in [-0.2, 0) is 13.1 Å². The molecule has 0 amide bonds. The molecular formula is C26H33N3O2. The summed E-state index contributed by atoms with van der Waals surface area (Å²) in [5.74, 6) is 0.784. The first kappa shape index (κ1) is 21.6. The smallest absolute Gasteiger partial charge is 0.251 e. The van der Waals surface area contributed by atoms with E-state index in [1.807, 2.05) is 29.7 Å². The van der Waals surface area contributed by atoms with Gasteiger partial charge in [-0.05, 0) is 63.0 Å². The Labute approximate surface area is 184 Å². The SMILES string of the molecule is COc1ccc2c(C)cc(=O)n(CCN3CCC(NCc4cccc(C)c4)CC3)c2c1. The number of hydrogen-bond donors (Lipinski definition) is 1. The molecule has 31 heavy (non-hydrogen) atoms. The number of piperidine rings is 1. The maximum atomic E-state index is 12.7. The predicted molar refractivity (Wildman–Crippen MR) is 127 cm³/mol. The topological polar surface area (TPSA) is 46.5 Å². The van der Waals surface area contributed by atoms with Gasteiger partial charge in [-0.3, -0.25) is 4.79 Å². The summed E-state index contributed by atoms with van der Waals surface area (Å²) in [6.45, 7) is 8.78.